The van der Waals surface area contributed by atoms with E-state index in [9.17, 15) is 5.11 Å². The quantitative estimate of drug-likeness (QED) is 0.875. The summed E-state index contributed by atoms with van der Waals surface area (Å²) in [5.74, 6) is 1.19. The molecule has 0 aliphatic carbocycles. The van der Waals surface area contributed by atoms with Crippen LogP contribution in [0.2, 0.25) is 0 Å². The lowest BCUT2D eigenvalue weighted by molar-refractivity contribution is -0.0768. The van der Waals surface area contributed by atoms with Crippen LogP contribution in [0.25, 0.3) is 0 Å². The van der Waals surface area contributed by atoms with Gasteiger partial charge in [-0.3, -0.25) is 0 Å². The van der Waals surface area contributed by atoms with Gasteiger partial charge in [0.2, 0.25) is 0 Å². The van der Waals surface area contributed by atoms with Crippen molar-refractivity contribution in [3.8, 4) is 5.75 Å². The van der Waals surface area contributed by atoms with E-state index in [-0.39, 0.29) is 11.3 Å². The summed E-state index contributed by atoms with van der Waals surface area (Å²) in [5.41, 5.74) is 6.82. The molecular formula is C16H23NO3. The molecule has 0 aromatic heterocycles. The van der Waals surface area contributed by atoms with Gasteiger partial charge < -0.3 is 20.3 Å². The Morgan fingerprint density at radius 1 is 1.30 bits per heavy atom. The Morgan fingerprint density at radius 3 is 2.80 bits per heavy atom. The highest BCUT2D eigenvalue weighted by Crippen LogP contribution is 2.40. The van der Waals surface area contributed by atoms with E-state index in [1.54, 1.807) is 0 Å². The van der Waals surface area contributed by atoms with Crippen LogP contribution in [0.4, 0.5) is 0 Å². The molecule has 2 atom stereocenters. The highest BCUT2D eigenvalue weighted by Gasteiger charge is 2.44. The third-order valence-electron chi connectivity index (χ3n) is 4.78. The zero-order chi connectivity index (χ0) is 14.0. The van der Waals surface area contributed by atoms with E-state index in [4.69, 9.17) is 15.2 Å². The number of aliphatic hydroxyl groups is 1. The molecule has 2 unspecified atom stereocenters. The standard InChI is InChI=1S/C16H23NO3/c17-10-16(15(18)12-5-7-19-8-6-12)9-13-3-1-2-4-14(13)20-11-16/h1-4,12,15,18H,5-11,17H2. The molecular weight excluding hydrogens is 254 g/mol. The fraction of sp³-hybridized carbons (Fsp3) is 0.625. The summed E-state index contributed by atoms with van der Waals surface area (Å²) in [7, 11) is 0. The molecule has 0 amide bonds. The number of para-hydroxylation sites is 1. The van der Waals surface area contributed by atoms with E-state index in [1.807, 2.05) is 18.2 Å². The number of benzene rings is 1. The summed E-state index contributed by atoms with van der Waals surface area (Å²) in [4.78, 5) is 0. The molecule has 1 saturated heterocycles. The molecule has 2 aliphatic rings. The van der Waals surface area contributed by atoms with Crippen LogP contribution in [0, 0.1) is 11.3 Å². The average molecular weight is 277 g/mol. The number of aliphatic hydroxyl groups excluding tert-OH is 1. The predicted molar refractivity (Wildman–Crippen MR) is 76.7 cm³/mol. The van der Waals surface area contributed by atoms with Crippen molar-refractivity contribution in [3.63, 3.8) is 0 Å². The number of nitrogens with two attached hydrogens (primary N) is 1. The Hall–Kier alpha value is -1.10. The number of hydrogen-bond acceptors (Lipinski definition) is 4. The molecule has 1 aromatic carbocycles. The van der Waals surface area contributed by atoms with Gasteiger partial charge in [0.15, 0.2) is 0 Å². The SMILES string of the molecule is NCC1(C(O)C2CCOCC2)COc2ccccc2C1. The maximum absolute atomic E-state index is 10.9. The summed E-state index contributed by atoms with van der Waals surface area (Å²) in [6.07, 6.45) is 2.18. The first-order valence-corrected chi connectivity index (χ1v) is 7.42. The van der Waals surface area contributed by atoms with Gasteiger partial charge in [0, 0.05) is 25.2 Å². The molecule has 4 heteroatoms. The van der Waals surface area contributed by atoms with E-state index < -0.39 is 6.10 Å². The smallest absolute Gasteiger partial charge is 0.122 e. The zero-order valence-electron chi connectivity index (χ0n) is 11.8. The van der Waals surface area contributed by atoms with E-state index in [0.717, 1.165) is 43.8 Å². The molecule has 3 N–H and O–H groups in total. The molecule has 110 valence electrons. The van der Waals surface area contributed by atoms with Crippen LogP contribution in [0.5, 0.6) is 5.75 Å². The molecule has 0 saturated carbocycles. The van der Waals surface area contributed by atoms with Gasteiger partial charge in [0.05, 0.1) is 12.7 Å². The van der Waals surface area contributed by atoms with Crippen molar-refractivity contribution in [1.82, 2.24) is 0 Å². The second-order valence-electron chi connectivity index (χ2n) is 6.03. The van der Waals surface area contributed by atoms with Crippen LogP contribution in [-0.4, -0.2) is 37.6 Å². The molecule has 2 aliphatic heterocycles. The lowest BCUT2D eigenvalue weighted by atomic mass is 9.70. The van der Waals surface area contributed by atoms with E-state index in [1.165, 1.54) is 0 Å². The zero-order valence-corrected chi connectivity index (χ0v) is 11.8. The van der Waals surface area contributed by atoms with Crippen LogP contribution < -0.4 is 10.5 Å². The van der Waals surface area contributed by atoms with Crippen LogP contribution in [0.1, 0.15) is 18.4 Å². The summed E-state index contributed by atoms with van der Waals surface area (Å²) < 4.78 is 11.3. The first-order valence-electron chi connectivity index (χ1n) is 7.42. The lowest BCUT2D eigenvalue weighted by Crippen LogP contribution is -2.53. The van der Waals surface area contributed by atoms with Crippen LogP contribution >= 0.6 is 0 Å². The number of rotatable bonds is 3. The third kappa shape index (κ3) is 2.43. The van der Waals surface area contributed by atoms with Crippen molar-refractivity contribution in [2.45, 2.75) is 25.4 Å². The second-order valence-corrected chi connectivity index (χ2v) is 6.03. The third-order valence-corrected chi connectivity index (χ3v) is 4.78. The second kappa shape index (κ2) is 5.72. The predicted octanol–water partition coefficient (Wildman–Crippen LogP) is 1.35. The van der Waals surface area contributed by atoms with Crippen molar-refractivity contribution in [1.29, 1.82) is 0 Å². The van der Waals surface area contributed by atoms with Crippen molar-refractivity contribution >= 4 is 0 Å². The summed E-state index contributed by atoms with van der Waals surface area (Å²) in [6.45, 7) is 2.42. The van der Waals surface area contributed by atoms with Gasteiger partial charge in [-0.25, -0.2) is 0 Å². The highest BCUT2D eigenvalue weighted by atomic mass is 16.5. The summed E-state index contributed by atoms with van der Waals surface area (Å²) in [5, 5.41) is 10.9. The molecule has 0 bridgehead atoms. The minimum Gasteiger partial charge on any atom is -0.493 e. The van der Waals surface area contributed by atoms with Gasteiger partial charge in [-0.1, -0.05) is 18.2 Å². The van der Waals surface area contributed by atoms with Gasteiger partial charge in [-0.15, -0.1) is 0 Å². The molecule has 1 aromatic rings. The fourth-order valence-corrected chi connectivity index (χ4v) is 3.42. The largest absolute Gasteiger partial charge is 0.493 e. The molecule has 3 rings (SSSR count). The van der Waals surface area contributed by atoms with Gasteiger partial charge in [0.25, 0.3) is 0 Å². The number of hydrogen-bond donors (Lipinski definition) is 2. The monoisotopic (exact) mass is 277 g/mol. The topological polar surface area (TPSA) is 64.7 Å². The van der Waals surface area contributed by atoms with Gasteiger partial charge in [0.1, 0.15) is 5.75 Å². The maximum Gasteiger partial charge on any atom is 0.122 e. The summed E-state index contributed by atoms with van der Waals surface area (Å²) in [6, 6.07) is 8.03. The van der Waals surface area contributed by atoms with Crippen molar-refractivity contribution < 1.29 is 14.6 Å². The maximum atomic E-state index is 10.9. The van der Waals surface area contributed by atoms with Gasteiger partial charge >= 0.3 is 0 Å². The minimum absolute atomic E-state index is 0.265. The molecule has 4 nitrogen and oxygen atoms in total. The first kappa shape index (κ1) is 13.9. The van der Waals surface area contributed by atoms with Crippen LogP contribution in [0.3, 0.4) is 0 Å². The normalized spacial score (nSPS) is 28.5. The Bertz CT molecular complexity index is 459. The Labute approximate surface area is 119 Å². The summed E-state index contributed by atoms with van der Waals surface area (Å²) >= 11 is 0. The fourth-order valence-electron chi connectivity index (χ4n) is 3.42. The van der Waals surface area contributed by atoms with Crippen molar-refractivity contribution in [2.24, 2.45) is 17.1 Å². The van der Waals surface area contributed by atoms with E-state index in [0.29, 0.717) is 13.2 Å². The minimum atomic E-state index is -0.426. The van der Waals surface area contributed by atoms with Crippen molar-refractivity contribution in [3.05, 3.63) is 29.8 Å². The molecule has 2 heterocycles. The lowest BCUT2D eigenvalue weighted by Gasteiger charge is -2.44. The van der Waals surface area contributed by atoms with Crippen LogP contribution in [-0.2, 0) is 11.2 Å². The number of fused-ring (bicyclic) bond motifs is 1. The van der Waals surface area contributed by atoms with E-state index >= 15 is 0 Å². The van der Waals surface area contributed by atoms with Gasteiger partial charge in [-0.2, -0.15) is 0 Å². The Kier molecular flexibility index (Phi) is 3.96. The Balaban J connectivity index is 1.81. The number of ether oxygens (including phenoxy) is 2. The molecule has 1 fully saturated rings. The first-order chi connectivity index (χ1) is 9.75. The highest BCUT2D eigenvalue weighted by molar-refractivity contribution is 5.36. The molecule has 0 spiro atoms. The molecule has 20 heavy (non-hydrogen) atoms. The van der Waals surface area contributed by atoms with Gasteiger partial charge in [-0.05, 0) is 36.8 Å². The van der Waals surface area contributed by atoms with Crippen LogP contribution in [0.15, 0.2) is 24.3 Å². The molecule has 0 radical (unpaired) electrons. The Morgan fingerprint density at radius 2 is 2.05 bits per heavy atom. The average Bonchev–Trinajstić information content (AvgIpc) is 2.54. The van der Waals surface area contributed by atoms with Crippen molar-refractivity contribution in [2.75, 3.05) is 26.4 Å². The van der Waals surface area contributed by atoms with E-state index in [2.05, 4.69) is 6.07 Å².